The molecule has 26 heavy (non-hydrogen) atoms. The summed E-state index contributed by atoms with van der Waals surface area (Å²) in [6.07, 6.45) is 0.520. The molecule has 2 heterocycles. The summed E-state index contributed by atoms with van der Waals surface area (Å²) >= 11 is 3.49. The first-order valence-corrected chi connectivity index (χ1v) is 11.3. The number of benzene rings is 1. The van der Waals surface area contributed by atoms with Gasteiger partial charge in [-0.05, 0) is 51.5 Å². The molecule has 1 unspecified atom stereocenters. The number of hydrogen-bond donors (Lipinski definition) is 0. The van der Waals surface area contributed by atoms with Gasteiger partial charge in [0.1, 0.15) is 0 Å². The van der Waals surface area contributed by atoms with Gasteiger partial charge in [-0.3, -0.25) is 4.79 Å². The third-order valence-electron chi connectivity index (χ3n) is 4.98. The fraction of sp³-hybridized carbons (Fsp3) is 0.421. The van der Waals surface area contributed by atoms with E-state index in [1.165, 1.54) is 0 Å². The third-order valence-corrected chi connectivity index (χ3v) is 7.22. The summed E-state index contributed by atoms with van der Waals surface area (Å²) in [6, 6.07) is 9.59. The number of sulfone groups is 1. The lowest BCUT2D eigenvalue weighted by Gasteiger charge is -2.27. The van der Waals surface area contributed by atoms with Gasteiger partial charge in [0.2, 0.25) is 0 Å². The van der Waals surface area contributed by atoms with Crippen LogP contribution >= 0.6 is 15.9 Å². The molecule has 1 aliphatic rings. The Morgan fingerprint density at radius 3 is 2.62 bits per heavy atom. The molecule has 1 aromatic carbocycles. The molecule has 1 atom stereocenters. The second kappa shape index (κ2) is 7.19. The van der Waals surface area contributed by atoms with Crippen LogP contribution in [0.3, 0.4) is 0 Å². The molecule has 0 N–H and O–H groups in total. The van der Waals surface area contributed by atoms with Crippen LogP contribution in [0.2, 0.25) is 0 Å². The number of halogens is 1. The molecule has 1 aliphatic heterocycles. The highest BCUT2D eigenvalue weighted by molar-refractivity contribution is 9.10. The van der Waals surface area contributed by atoms with Crippen molar-refractivity contribution in [1.82, 2.24) is 9.47 Å². The Balaban J connectivity index is 1.96. The van der Waals surface area contributed by atoms with Crippen LogP contribution in [0.15, 0.2) is 34.8 Å². The summed E-state index contributed by atoms with van der Waals surface area (Å²) in [5.74, 6) is 0.138. The summed E-state index contributed by atoms with van der Waals surface area (Å²) in [5.41, 5.74) is 3.46. The predicted octanol–water partition coefficient (Wildman–Crippen LogP) is 3.51. The molecular weight excluding hydrogens is 416 g/mol. The van der Waals surface area contributed by atoms with Crippen LogP contribution in [-0.4, -0.2) is 47.9 Å². The zero-order valence-corrected chi connectivity index (χ0v) is 17.6. The van der Waals surface area contributed by atoms with Crippen molar-refractivity contribution in [1.29, 1.82) is 0 Å². The molecule has 2 aromatic rings. The minimum atomic E-state index is -3.03. The van der Waals surface area contributed by atoms with E-state index in [1.807, 2.05) is 51.1 Å². The first-order chi connectivity index (χ1) is 12.2. The Kier molecular flexibility index (Phi) is 5.30. The van der Waals surface area contributed by atoms with Gasteiger partial charge in [-0.1, -0.05) is 22.0 Å². The summed E-state index contributed by atoms with van der Waals surface area (Å²) in [7, 11) is -3.03. The van der Waals surface area contributed by atoms with Crippen molar-refractivity contribution >= 4 is 31.7 Å². The van der Waals surface area contributed by atoms with Crippen LogP contribution in [0.5, 0.6) is 0 Å². The molecule has 1 aromatic heterocycles. The highest BCUT2D eigenvalue weighted by atomic mass is 79.9. The van der Waals surface area contributed by atoms with Crippen molar-refractivity contribution in [3.05, 3.63) is 51.8 Å². The van der Waals surface area contributed by atoms with Gasteiger partial charge >= 0.3 is 0 Å². The molecule has 140 valence electrons. The largest absolute Gasteiger partial charge is 0.335 e. The zero-order valence-electron chi connectivity index (χ0n) is 15.2. The lowest BCUT2D eigenvalue weighted by molar-refractivity contribution is 0.0707. The average molecular weight is 439 g/mol. The van der Waals surface area contributed by atoms with E-state index in [0.29, 0.717) is 18.5 Å². The van der Waals surface area contributed by atoms with Gasteiger partial charge in [0.05, 0.1) is 17.1 Å². The molecule has 1 saturated heterocycles. The second-order valence-corrected chi connectivity index (χ2v) is 9.89. The maximum absolute atomic E-state index is 13.2. The number of amides is 1. The summed E-state index contributed by atoms with van der Waals surface area (Å²) in [4.78, 5) is 14.9. The summed E-state index contributed by atoms with van der Waals surface area (Å²) in [5, 5.41) is 0. The molecular formula is C19H23BrN2O3S. The molecule has 0 aliphatic carbocycles. The van der Waals surface area contributed by atoms with Crippen molar-refractivity contribution in [2.24, 2.45) is 0 Å². The van der Waals surface area contributed by atoms with Crippen molar-refractivity contribution in [3.63, 3.8) is 0 Å². The number of aryl methyl sites for hydroxylation is 1. The molecule has 0 bridgehead atoms. The maximum Gasteiger partial charge on any atom is 0.255 e. The van der Waals surface area contributed by atoms with Crippen LogP contribution in [0.1, 0.15) is 35.1 Å². The Hall–Kier alpha value is -1.60. The van der Waals surface area contributed by atoms with E-state index in [-0.39, 0.29) is 23.5 Å². The molecule has 1 amide bonds. The van der Waals surface area contributed by atoms with Gasteiger partial charge in [-0.15, -0.1) is 0 Å². The van der Waals surface area contributed by atoms with Crippen LogP contribution in [0.4, 0.5) is 0 Å². The second-order valence-electron chi connectivity index (χ2n) is 6.75. The van der Waals surface area contributed by atoms with E-state index in [4.69, 9.17) is 0 Å². The van der Waals surface area contributed by atoms with Gasteiger partial charge in [-0.25, -0.2) is 8.42 Å². The lowest BCUT2D eigenvalue weighted by atomic mass is 10.1. The van der Waals surface area contributed by atoms with Crippen LogP contribution in [-0.2, 0) is 9.84 Å². The van der Waals surface area contributed by atoms with Crippen molar-refractivity contribution in [2.45, 2.75) is 33.2 Å². The standard InChI is InChI=1S/C19H23BrN2O3S/c1-4-21(17-8-9-26(24,25)12-17)19(23)18-10-13(2)22(14(18)3)16-7-5-6-15(20)11-16/h5-7,10-11,17H,4,8-9,12H2,1-3H3. The fourth-order valence-electron chi connectivity index (χ4n) is 3.74. The van der Waals surface area contributed by atoms with E-state index in [9.17, 15) is 13.2 Å². The third kappa shape index (κ3) is 3.60. The number of rotatable bonds is 4. The van der Waals surface area contributed by atoms with Crippen LogP contribution in [0, 0.1) is 13.8 Å². The normalized spacial score (nSPS) is 18.8. The molecule has 3 rings (SSSR count). The van der Waals surface area contributed by atoms with Crippen LogP contribution < -0.4 is 0 Å². The van der Waals surface area contributed by atoms with Gasteiger partial charge in [-0.2, -0.15) is 0 Å². The highest BCUT2D eigenvalue weighted by Gasteiger charge is 2.35. The molecule has 0 saturated carbocycles. The maximum atomic E-state index is 13.2. The summed E-state index contributed by atoms with van der Waals surface area (Å²) in [6.45, 7) is 6.30. The number of carbonyl (C=O) groups excluding carboxylic acids is 1. The minimum absolute atomic E-state index is 0.0664. The van der Waals surface area contributed by atoms with Crippen molar-refractivity contribution in [2.75, 3.05) is 18.1 Å². The smallest absolute Gasteiger partial charge is 0.255 e. The topological polar surface area (TPSA) is 59.4 Å². The highest BCUT2D eigenvalue weighted by Crippen LogP contribution is 2.26. The number of aromatic nitrogens is 1. The number of nitrogens with zero attached hydrogens (tertiary/aromatic N) is 2. The number of hydrogen-bond acceptors (Lipinski definition) is 3. The Morgan fingerprint density at radius 2 is 2.04 bits per heavy atom. The Morgan fingerprint density at radius 1 is 1.31 bits per heavy atom. The molecule has 0 radical (unpaired) electrons. The van der Waals surface area contributed by atoms with Gasteiger partial charge in [0.15, 0.2) is 9.84 Å². The zero-order chi connectivity index (χ0) is 19.1. The van der Waals surface area contributed by atoms with Crippen molar-refractivity contribution < 1.29 is 13.2 Å². The number of carbonyl (C=O) groups is 1. The Bertz CT molecular complexity index is 950. The van der Waals surface area contributed by atoms with E-state index in [1.54, 1.807) is 4.90 Å². The molecule has 7 heteroatoms. The SMILES string of the molecule is CCN(C(=O)c1cc(C)n(-c2cccc(Br)c2)c1C)C1CCS(=O)(=O)C1. The quantitative estimate of drug-likeness (QED) is 0.733. The predicted molar refractivity (Wildman–Crippen MR) is 107 cm³/mol. The molecule has 5 nitrogen and oxygen atoms in total. The first-order valence-electron chi connectivity index (χ1n) is 8.69. The minimum Gasteiger partial charge on any atom is -0.335 e. The monoisotopic (exact) mass is 438 g/mol. The van der Waals surface area contributed by atoms with Crippen LogP contribution in [0.25, 0.3) is 5.69 Å². The average Bonchev–Trinajstić information content (AvgIpc) is 3.07. The fourth-order valence-corrected chi connectivity index (χ4v) is 5.85. The van der Waals surface area contributed by atoms with Gasteiger partial charge in [0.25, 0.3) is 5.91 Å². The molecule has 1 fully saturated rings. The summed E-state index contributed by atoms with van der Waals surface area (Å²) < 4.78 is 26.7. The van der Waals surface area contributed by atoms with E-state index >= 15 is 0 Å². The lowest BCUT2D eigenvalue weighted by Crippen LogP contribution is -2.41. The van der Waals surface area contributed by atoms with Gasteiger partial charge in [0, 0.05) is 34.1 Å². The molecule has 0 spiro atoms. The van der Waals surface area contributed by atoms with Gasteiger partial charge < -0.3 is 9.47 Å². The van der Waals surface area contributed by atoms with E-state index in [2.05, 4.69) is 20.5 Å². The first kappa shape index (κ1) is 19.2. The van der Waals surface area contributed by atoms with E-state index < -0.39 is 9.84 Å². The van der Waals surface area contributed by atoms with Crippen molar-refractivity contribution in [3.8, 4) is 5.69 Å². The Labute approximate surface area is 163 Å². The van der Waals surface area contributed by atoms with E-state index in [0.717, 1.165) is 21.5 Å².